The standard InChI is InChI=1S/C9H19NO.CH4.2HI.V/c1-8(2)6-5-7-9(3,4)10(8)11;;;;/h11H,5-7H2,1-4H3;1H4;2*1H;/q;;;;+2/p-2. The molecule has 0 saturated carbocycles. The molecule has 1 aliphatic rings. The van der Waals surface area contributed by atoms with Crippen LogP contribution in [0, 0.1) is 0 Å². The quantitative estimate of drug-likeness (QED) is 0.505. The summed E-state index contributed by atoms with van der Waals surface area (Å²) in [6.45, 7) is 8.36. The van der Waals surface area contributed by atoms with Crippen molar-refractivity contribution in [2.75, 3.05) is 0 Å². The van der Waals surface area contributed by atoms with Crippen molar-refractivity contribution in [2.24, 2.45) is 0 Å². The van der Waals surface area contributed by atoms with E-state index in [1.807, 2.05) is 0 Å². The van der Waals surface area contributed by atoms with E-state index in [2.05, 4.69) is 67.7 Å². The first-order valence-electron chi connectivity index (χ1n) is 4.69. The Balaban J connectivity index is 0. The molecule has 0 aromatic heterocycles. The van der Waals surface area contributed by atoms with E-state index in [1.165, 1.54) is 11.5 Å². The fraction of sp³-hybridized carbons (Fsp3) is 1.00. The van der Waals surface area contributed by atoms with E-state index in [0.717, 1.165) is 12.8 Å². The second-order valence-electron chi connectivity index (χ2n) is 4.85. The third-order valence-corrected chi connectivity index (χ3v) is 2.72. The van der Waals surface area contributed by atoms with Crippen molar-refractivity contribution in [3.05, 3.63) is 0 Å². The van der Waals surface area contributed by atoms with Crippen molar-refractivity contribution in [3.63, 3.8) is 0 Å². The number of piperidine rings is 1. The van der Waals surface area contributed by atoms with Gasteiger partial charge in [-0.1, -0.05) is 7.43 Å². The first-order valence-corrected chi connectivity index (χ1v) is 13.7. The molecule has 1 fully saturated rings. The van der Waals surface area contributed by atoms with Gasteiger partial charge >= 0.3 is 49.4 Å². The van der Waals surface area contributed by atoms with Crippen molar-refractivity contribution >= 4 is 40.0 Å². The summed E-state index contributed by atoms with van der Waals surface area (Å²) in [5.41, 5.74) is -0.0799. The molecule has 1 rings (SSSR count). The van der Waals surface area contributed by atoms with Crippen LogP contribution in [0.5, 0.6) is 0 Å². The summed E-state index contributed by atoms with van der Waals surface area (Å²) >= 11 is 4.74. The van der Waals surface area contributed by atoms with E-state index >= 15 is 0 Å². The van der Waals surface area contributed by atoms with Gasteiger partial charge in [-0.05, 0) is 47.0 Å². The molecule has 0 aliphatic carbocycles. The molecule has 1 heterocycles. The van der Waals surface area contributed by atoms with Gasteiger partial charge in [-0.25, -0.2) is 0 Å². The van der Waals surface area contributed by atoms with Gasteiger partial charge in [-0.3, -0.25) is 0 Å². The molecular formula is C10H23I2NOV. The molecule has 0 spiro atoms. The van der Waals surface area contributed by atoms with Crippen molar-refractivity contribution in [3.8, 4) is 0 Å². The minimum absolute atomic E-state index is 0. The van der Waals surface area contributed by atoms with Crippen molar-refractivity contribution in [1.82, 2.24) is 5.06 Å². The van der Waals surface area contributed by atoms with E-state index in [9.17, 15) is 5.21 Å². The van der Waals surface area contributed by atoms with Crippen molar-refractivity contribution in [1.29, 1.82) is 0 Å². The Morgan fingerprint density at radius 2 is 1.33 bits per heavy atom. The molecule has 0 amide bonds. The molecule has 1 N–H and O–H groups in total. The molecule has 0 bridgehead atoms. The molecule has 15 heavy (non-hydrogen) atoms. The normalized spacial score (nSPS) is 23.1. The molecule has 0 unspecified atom stereocenters. The van der Waals surface area contributed by atoms with Gasteiger partial charge in [0, 0.05) is 11.1 Å². The molecular weight excluding hydrogens is 455 g/mol. The molecule has 5 heteroatoms. The zero-order chi connectivity index (χ0) is 11.4. The second-order valence-corrected chi connectivity index (χ2v) is 16.6. The van der Waals surface area contributed by atoms with Crippen LogP contribution in [0.4, 0.5) is 0 Å². The van der Waals surface area contributed by atoms with Crippen molar-refractivity contribution in [2.45, 2.75) is 65.5 Å². The van der Waals surface area contributed by atoms with Crippen LogP contribution in [0.1, 0.15) is 54.4 Å². The zero-order valence-corrected chi connectivity index (χ0v) is 14.9. The molecule has 93 valence electrons. The number of hydroxylamine groups is 2. The molecule has 1 saturated heterocycles. The Hall–Kier alpha value is 1.96. The average molecular weight is 478 g/mol. The average Bonchev–Trinajstić information content (AvgIpc) is 2.01. The minimum atomic E-state index is -0.0399. The van der Waals surface area contributed by atoms with Crippen LogP contribution in [0.3, 0.4) is 0 Å². The number of hydrogen-bond acceptors (Lipinski definition) is 2. The van der Waals surface area contributed by atoms with Gasteiger partial charge in [-0.15, -0.1) is 0 Å². The summed E-state index contributed by atoms with van der Waals surface area (Å²) in [7, 11) is 0.628. The van der Waals surface area contributed by atoms with Crippen LogP contribution >= 0.6 is 40.0 Å². The summed E-state index contributed by atoms with van der Waals surface area (Å²) in [6.07, 6.45) is 3.40. The number of nitrogens with zero attached hydrogens (tertiary/aromatic N) is 1. The van der Waals surface area contributed by atoms with Gasteiger partial charge in [0.15, 0.2) is 0 Å². The van der Waals surface area contributed by atoms with E-state index in [1.54, 1.807) is 0 Å². The van der Waals surface area contributed by atoms with E-state index in [4.69, 9.17) is 0 Å². The van der Waals surface area contributed by atoms with Crippen LogP contribution in [-0.2, 0) is 9.47 Å². The van der Waals surface area contributed by atoms with Gasteiger partial charge in [0.25, 0.3) is 0 Å². The predicted molar refractivity (Wildman–Crippen MR) is 80.4 cm³/mol. The van der Waals surface area contributed by atoms with E-state index in [0.29, 0.717) is 9.47 Å². The Bertz CT molecular complexity index is 161. The number of hydrogen-bond donors (Lipinski definition) is 1. The third kappa shape index (κ3) is 6.45. The summed E-state index contributed by atoms with van der Waals surface area (Å²) in [6, 6.07) is 0. The van der Waals surface area contributed by atoms with Gasteiger partial charge < -0.3 is 5.21 Å². The SMILES string of the molecule is C.CC1(C)CCCC(C)(C)N1O.[I][V][I]. The molecule has 0 aromatic carbocycles. The Labute approximate surface area is 124 Å². The van der Waals surface area contributed by atoms with Crippen LogP contribution in [-0.4, -0.2) is 21.3 Å². The fourth-order valence-corrected chi connectivity index (χ4v) is 1.98. The second kappa shape index (κ2) is 8.13. The molecule has 2 nitrogen and oxygen atoms in total. The van der Waals surface area contributed by atoms with Crippen LogP contribution < -0.4 is 0 Å². The maximum absolute atomic E-state index is 9.80. The topological polar surface area (TPSA) is 23.5 Å². The zero-order valence-electron chi connectivity index (χ0n) is 9.22. The maximum atomic E-state index is 9.80. The Morgan fingerprint density at radius 1 is 1.07 bits per heavy atom. The van der Waals surface area contributed by atoms with Gasteiger partial charge in [0.05, 0.1) is 0 Å². The summed E-state index contributed by atoms with van der Waals surface area (Å²) in [4.78, 5) is 0. The van der Waals surface area contributed by atoms with Crippen LogP contribution in [0.25, 0.3) is 0 Å². The predicted octanol–water partition coefficient (Wildman–Crippen LogP) is 4.82. The molecule has 1 aliphatic heterocycles. The fourth-order valence-electron chi connectivity index (χ4n) is 1.98. The summed E-state index contributed by atoms with van der Waals surface area (Å²) < 4.78 is 0. The molecule has 0 radical (unpaired) electrons. The Morgan fingerprint density at radius 3 is 1.53 bits per heavy atom. The third-order valence-electron chi connectivity index (χ3n) is 2.72. The number of rotatable bonds is 0. The van der Waals surface area contributed by atoms with E-state index in [-0.39, 0.29) is 18.5 Å². The first-order chi connectivity index (χ1) is 6.28. The monoisotopic (exact) mass is 478 g/mol. The Kier molecular flexibility index (Phi) is 10.5. The number of halogens is 2. The van der Waals surface area contributed by atoms with E-state index < -0.39 is 0 Å². The van der Waals surface area contributed by atoms with Crippen LogP contribution in [0.2, 0.25) is 0 Å². The van der Waals surface area contributed by atoms with Crippen LogP contribution in [0.15, 0.2) is 0 Å². The molecule has 0 atom stereocenters. The first kappa shape index (κ1) is 19.3. The van der Waals surface area contributed by atoms with Gasteiger partial charge in [0.1, 0.15) is 0 Å². The van der Waals surface area contributed by atoms with Gasteiger partial charge in [-0.2, -0.15) is 5.06 Å². The summed E-state index contributed by atoms with van der Waals surface area (Å²) in [5, 5.41) is 11.3. The summed E-state index contributed by atoms with van der Waals surface area (Å²) in [5.74, 6) is 0. The molecule has 0 aromatic rings. The van der Waals surface area contributed by atoms with Crippen molar-refractivity contribution < 1.29 is 14.7 Å². The van der Waals surface area contributed by atoms with Gasteiger partial charge in [0.2, 0.25) is 0 Å².